The highest BCUT2D eigenvalue weighted by Gasteiger charge is 2.23. The molecule has 1 N–H and O–H groups in total. The Balaban J connectivity index is 3.03. The number of aromatic nitrogens is 2. The zero-order valence-corrected chi connectivity index (χ0v) is 16.4. The normalized spacial score (nSPS) is 12.0. The Hall–Kier alpha value is -0.0400. The summed E-state index contributed by atoms with van der Waals surface area (Å²) >= 11 is 4.27. The summed E-state index contributed by atoms with van der Waals surface area (Å²) in [7, 11) is 0. The molecule has 0 aliphatic heterocycles. The highest BCUT2D eigenvalue weighted by molar-refractivity contribution is 14.1. The lowest BCUT2D eigenvalue weighted by Crippen LogP contribution is -2.19. The summed E-state index contributed by atoms with van der Waals surface area (Å²) in [6.07, 6.45) is 0. The summed E-state index contributed by atoms with van der Waals surface area (Å²) < 4.78 is 1.15. The lowest BCUT2D eigenvalue weighted by atomic mass is 9.92. The molecule has 0 spiro atoms. The molecule has 5 heteroatoms. The van der Waals surface area contributed by atoms with Gasteiger partial charge in [-0.25, -0.2) is 9.97 Å². The molecule has 0 bridgehead atoms. The summed E-state index contributed by atoms with van der Waals surface area (Å²) in [6, 6.07) is 0. The van der Waals surface area contributed by atoms with E-state index in [1.165, 1.54) is 0 Å². The van der Waals surface area contributed by atoms with Crippen molar-refractivity contribution in [1.29, 1.82) is 0 Å². The van der Waals surface area contributed by atoms with Gasteiger partial charge in [0.25, 0.3) is 0 Å². The second-order valence-electron chi connectivity index (χ2n) is 6.34. The number of hydrogen-bond donors (Lipinski definition) is 1. The Morgan fingerprint density at radius 1 is 1.25 bits per heavy atom. The summed E-state index contributed by atoms with van der Waals surface area (Å²) in [4.78, 5) is 9.49. The fraction of sp³-hybridized carbons (Fsp3) is 0.733. The number of halogens is 1. The fourth-order valence-corrected chi connectivity index (χ4v) is 3.87. The quantitative estimate of drug-likeness (QED) is 0.694. The predicted molar refractivity (Wildman–Crippen MR) is 98.6 cm³/mol. The molecule has 20 heavy (non-hydrogen) atoms. The van der Waals surface area contributed by atoms with Gasteiger partial charge in [0.1, 0.15) is 11.6 Å². The van der Waals surface area contributed by atoms with Gasteiger partial charge in [-0.2, -0.15) is 11.8 Å². The Bertz CT molecular complexity index is 441. The minimum Gasteiger partial charge on any atom is -0.369 e. The summed E-state index contributed by atoms with van der Waals surface area (Å²) in [6.45, 7) is 14.1. The molecule has 0 saturated carbocycles. The number of thioether (sulfide) groups is 1. The van der Waals surface area contributed by atoms with Crippen molar-refractivity contribution in [3.05, 3.63) is 15.1 Å². The minimum atomic E-state index is 0.0428. The van der Waals surface area contributed by atoms with Crippen molar-refractivity contribution in [2.75, 3.05) is 17.6 Å². The van der Waals surface area contributed by atoms with Gasteiger partial charge in [-0.15, -0.1) is 0 Å². The number of nitrogens with zero attached hydrogens (tertiary/aromatic N) is 2. The van der Waals surface area contributed by atoms with E-state index < -0.39 is 0 Å². The Morgan fingerprint density at radius 2 is 1.90 bits per heavy atom. The second-order valence-corrected chi connectivity index (χ2v) is 8.45. The average molecular weight is 407 g/mol. The first-order chi connectivity index (χ1) is 9.25. The maximum Gasteiger partial charge on any atom is 0.143 e. The van der Waals surface area contributed by atoms with Crippen LogP contribution in [-0.2, 0) is 11.2 Å². The first kappa shape index (κ1) is 18.0. The molecule has 114 valence electrons. The van der Waals surface area contributed by atoms with E-state index in [1.807, 2.05) is 11.8 Å². The van der Waals surface area contributed by atoms with E-state index in [2.05, 4.69) is 74.4 Å². The van der Waals surface area contributed by atoms with Gasteiger partial charge in [-0.3, -0.25) is 0 Å². The van der Waals surface area contributed by atoms with Crippen molar-refractivity contribution >= 4 is 40.2 Å². The van der Waals surface area contributed by atoms with Crippen LogP contribution in [0.3, 0.4) is 0 Å². The van der Waals surface area contributed by atoms with E-state index in [4.69, 9.17) is 4.98 Å². The molecule has 0 aromatic carbocycles. The van der Waals surface area contributed by atoms with Crippen LogP contribution in [0.1, 0.15) is 53.1 Å². The highest BCUT2D eigenvalue weighted by Crippen LogP contribution is 2.30. The van der Waals surface area contributed by atoms with Crippen molar-refractivity contribution in [2.45, 2.75) is 52.7 Å². The minimum absolute atomic E-state index is 0.0428. The summed E-state index contributed by atoms with van der Waals surface area (Å²) in [5, 5.41) is 3.36. The molecule has 1 aromatic heterocycles. The van der Waals surface area contributed by atoms with Crippen molar-refractivity contribution in [3.8, 4) is 0 Å². The third kappa shape index (κ3) is 5.39. The molecular formula is C15H26IN3S. The van der Waals surface area contributed by atoms with Crippen LogP contribution < -0.4 is 5.32 Å². The molecule has 0 amide bonds. The van der Waals surface area contributed by atoms with Gasteiger partial charge in [0, 0.05) is 12.0 Å². The van der Waals surface area contributed by atoms with E-state index in [9.17, 15) is 0 Å². The van der Waals surface area contributed by atoms with Crippen molar-refractivity contribution < 1.29 is 0 Å². The molecular weight excluding hydrogens is 381 g/mol. The van der Waals surface area contributed by atoms with Gasteiger partial charge in [0.15, 0.2) is 0 Å². The second kappa shape index (κ2) is 7.82. The van der Waals surface area contributed by atoms with Crippen LogP contribution in [0.15, 0.2) is 0 Å². The van der Waals surface area contributed by atoms with Gasteiger partial charge in [0.05, 0.1) is 15.0 Å². The van der Waals surface area contributed by atoms with Crippen molar-refractivity contribution in [1.82, 2.24) is 9.97 Å². The third-order valence-corrected chi connectivity index (χ3v) is 5.02. The van der Waals surface area contributed by atoms with Crippen LogP contribution in [0.25, 0.3) is 0 Å². The molecule has 0 unspecified atom stereocenters. The molecule has 0 saturated heterocycles. The van der Waals surface area contributed by atoms with Crippen LogP contribution in [0.2, 0.25) is 0 Å². The Labute approximate surface area is 141 Å². The van der Waals surface area contributed by atoms with Crippen LogP contribution >= 0.6 is 34.4 Å². The molecule has 0 atom stereocenters. The predicted octanol–water partition coefficient (Wildman–Crippen LogP) is 4.70. The molecule has 0 radical (unpaired) electrons. The van der Waals surface area contributed by atoms with Gasteiger partial charge in [-0.05, 0) is 41.2 Å². The van der Waals surface area contributed by atoms with Gasteiger partial charge < -0.3 is 5.32 Å². The van der Waals surface area contributed by atoms with Crippen LogP contribution in [0, 0.1) is 9.49 Å². The number of nitrogens with one attached hydrogen (secondary N) is 1. The maximum atomic E-state index is 4.80. The van der Waals surface area contributed by atoms with Crippen LogP contribution in [0.4, 0.5) is 5.82 Å². The van der Waals surface area contributed by atoms with E-state index in [0.717, 1.165) is 39.0 Å². The van der Waals surface area contributed by atoms with Gasteiger partial charge in [-0.1, -0.05) is 34.6 Å². The molecule has 3 nitrogen and oxygen atoms in total. The zero-order valence-electron chi connectivity index (χ0n) is 13.4. The Kier molecular flexibility index (Phi) is 7.04. The summed E-state index contributed by atoms with van der Waals surface area (Å²) in [5.74, 6) is 4.66. The average Bonchev–Trinajstić information content (AvgIpc) is 2.31. The van der Waals surface area contributed by atoms with Crippen molar-refractivity contribution in [3.63, 3.8) is 0 Å². The molecule has 1 heterocycles. The van der Waals surface area contributed by atoms with Crippen LogP contribution in [-0.4, -0.2) is 22.3 Å². The fourth-order valence-electron chi connectivity index (χ4n) is 1.73. The molecule has 1 rings (SSSR count). The van der Waals surface area contributed by atoms with Crippen molar-refractivity contribution in [2.24, 2.45) is 5.92 Å². The van der Waals surface area contributed by atoms with E-state index in [-0.39, 0.29) is 5.41 Å². The third-order valence-electron chi connectivity index (χ3n) is 2.63. The zero-order chi connectivity index (χ0) is 15.3. The molecule has 0 aliphatic rings. The molecule has 1 aromatic rings. The SMILES string of the molecule is CCNc1nc(CSCC(C)C)nc(C(C)(C)C)c1I. The monoisotopic (exact) mass is 407 g/mol. The first-order valence-corrected chi connectivity index (χ1v) is 9.37. The van der Waals surface area contributed by atoms with E-state index in [1.54, 1.807) is 0 Å². The molecule has 0 aliphatic carbocycles. The lowest BCUT2D eigenvalue weighted by molar-refractivity contribution is 0.560. The number of rotatable bonds is 6. The topological polar surface area (TPSA) is 37.8 Å². The standard InChI is InChI=1S/C15H26IN3S/c1-7-17-14-12(16)13(15(4,5)6)18-11(19-14)9-20-8-10(2)3/h10H,7-9H2,1-6H3,(H,17,18,19). The first-order valence-electron chi connectivity index (χ1n) is 7.14. The highest BCUT2D eigenvalue weighted by atomic mass is 127. The van der Waals surface area contributed by atoms with E-state index >= 15 is 0 Å². The van der Waals surface area contributed by atoms with Crippen LogP contribution in [0.5, 0.6) is 0 Å². The largest absolute Gasteiger partial charge is 0.369 e. The van der Waals surface area contributed by atoms with Gasteiger partial charge >= 0.3 is 0 Å². The smallest absolute Gasteiger partial charge is 0.143 e. The Morgan fingerprint density at radius 3 is 2.40 bits per heavy atom. The van der Waals surface area contributed by atoms with E-state index in [0.29, 0.717) is 5.92 Å². The number of hydrogen-bond acceptors (Lipinski definition) is 4. The number of anilines is 1. The lowest BCUT2D eigenvalue weighted by Gasteiger charge is -2.22. The molecule has 0 fully saturated rings. The van der Waals surface area contributed by atoms with Gasteiger partial charge in [0.2, 0.25) is 0 Å². The summed E-state index contributed by atoms with van der Waals surface area (Å²) in [5.41, 5.74) is 1.19. The maximum absolute atomic E-state index is 4.80.